The molecule has 1 heterocycles. The van der Waals surface area contributed by atoms with Gasteiger partial charge in [-0.05, 0) is 37.5 Å². The van der Waals surface area contributed by atoms with E-state index in [1.807, 2.05) is 0 Å². The lowest BCUT2D eigenvalue weighted by Crippen LogP contribution is -2.31. The summed E-state index contributed by atoms with van der Waals surface area (Å²) in [5, 5.41) is 14.4. The highest BCUT2D eigenvalue weighted by Gasteiger charge is 2.16. The Labute approximate surface area is 186 Å². The molecule has 3 rings (SSSR count). The van der Waals surface area contributed by atoms with Crippen LogP contribution in [0.3, 0.4) is 0 Å². The normalized spacial score (nSPS) is 18.5. The van der Waals surface area contributed by atoms with Gasteiger partial charge >= 0.3 is 0 Å². The van der Waals surface area contributed by atoms with Crippen molar-refractivity contribution >= 4 is 46.7 Å². The molecule has 9 heteroatoms. The first-order valence-corrected chi connectivity index (χ1v) is 13.6. The fourth-order valence-electron chi connectivity index (χ4n) is 3.97. The van der Waals surface area contributed by atoms with Gasteiger partial charge in [0.2, 0.25) is 11.8 Å². The lowest BCUT2D eigenvalue weighted by molar-refractivity contribution is -0.119. The second-order valence-electron chi connectivity index (χ2n) is 8.03. The number of nitrogens with zero attached hydrogens (tertiary/aromatic N) is 2. The number of hydrogen-bond donors (Lipinski definition) is 2. The van der Waals surface area contributed by atoms with Crippen LogP contribution >= 0.6 is 34.9 Å². The lowest BCUT2D eigenvalue weighted by Gasteiger charge is -2.21. The maximum absolute atomic E-state index is 12.0. The zero-order valence-corrected chi connectivity index (χ0v) is 19.4. The molecule has 0 saturated heterocycles. The first-order chi connectivity index (χ1) is 14.2. The van der Waals surface area contributed by atoms with Gasteiger partial charge in [0.05, 0.1) is 11.5 Å². The fourth-order valence-corrected chi connectivity index (χ4v) is 6.65. The van der Waals surface area contributed by atoms with Crippen LogP contribution in [0.2, 0.25) is 0 Å². The van der Waals surface area contributed by atoms with E-state index in [1.165, 1.54) is 99.1 Å². The zero-order chi connectivity index (χ0) is 20.3. The molecule has 6 nitrogen and oxygen atoms in total. The first-order valence-electron chi connectivity index (χ1n) is 10.8. The van der Waals surface area contributed by atoms with Gasteiger partial charge in [-0.25, -0.2) is 0 Å². The second kappa shape index (κ2) is 12.8. The summed E-state index contributed by atoms with van der Waals surface area (Å²) in [6, 6.07) is 0. The molecule has 0 radical (unpaired) electrons. The molecule has 0 aliphatic heterocycles. The van der Waals surface area contributed by atoms with Gasteiger partial charge in [-0.1, -0.05) is 73.4 Å². The van der Waals surface area contributed by atoms with E-state index in [0.29, 0.717) is 23.3 Å². The number of nitrogens with one attached hydrogen (secondary N) is 2. The maximum atomic E-state index is 12.0. The highest BCUT2D eigenvalue weighted by molar-refractivity contribution is 8.03. The van der Waals surface area contributed by atoms with Crippen molar-refractivity contribution < 1.29 is 9.59 Å². The van der Waals surface area contributed by atoms with Crippen molar-refractivity contribution in [2.24, 2.45) is 11.8 Å². The highest BCUT2D eigenvalue weighted by Crippen LogP contribution is 2.29. The Morgan fingerprint density at radius 3 is 1.59 bits per heavy atom. The predicted molar refractivity (Wildman–Crippen MR) is 121 cm³/mol. The molecule has 0 aromatic carbocycles. The van der Waals surface area contributed by atoms with Crippen molar-refractivity contribution in [2.75, 3.05) is 24.6 Å². The summed E-state index contributed by atoms with van der Waals surface area (Å²) in [7, 11) is 0. The molecule has 1 aromatic rings. The molecule has 0 atom stereocenters. The van der Waals surface area contributed by atoms with Crippen LogP contribution in [-0.2, 0) is 9.59 Å². The molecular formula is C20H32N4O2S3. The van der Waals surface area contributed by atoms with Crippen molar-refractivity contribution in [1.82, 2.24) is 20.8 Å². The van der Waals surface area contributed by atoms with E-state index < -0.39 is 0 Å². The minimum Gasteiger partial charge on any atom is -0.355 e. The zero-order valence-electron chi connectivity index (χ0n) is 17.0. The summed E-state index contributed by atoms with van der Waals surface area (Å²) in [4.78, 5) is 24.1. The molecular weight excluding hydrogens is 424 g/mol. The van der Waals surface area contributed by atoms with Crippen molar-refractivity contribution in [3.8, 4) is 0 Å². The molecule has 2 aliphatic carbocycles. The van der Waals surface area contributed by atoms with Crippen LogP contribution < -0.4 is 10.6 Å². The van der Waals surface area contributed by atoms with E-state index in [2.05, 4.69) is 20.8 Å². The van der Waals surface area contributed by atoms with Gasteiger partial charge < -0.3 is 10.6 Å². The number of aromatic nitrogens is 2. The van der Waals surface area contributed by atoms with E-state index in [1.54, 1.807) is 0 Å². The van der Waals surface area contributed by atoms with E-state index >= 15 is 0 Å². The van der Waals surface area contributed by atoms with Gasteiger partial charge in [-0.15, -0.1) is 10.2 Å². The van der Waals surface area contributed by atoms with Gasteiger partial charge in [0.1, 0.15) is 0 Å². The van der Waals surface area contributed by atoms with Crippen molar-refractivity contribution in [3.63, 3.8) is 0 Å². The first kappa shape index (κ1) is 22.9. The molecule has 162 valence electrons. The van der Waals surface area contributed by atoms with Gasteiger partial charge in [0.25, 0.3) is 0 Å². The van der Waals surface area contributed by atoms with E-state index in [0.717, 1.165) is 21.8 Å². The van der Waals surface area contributed by atoms with Crippen LogP contribution in [0, 0.1) is 11.8 Å². The summed E-state index contributed by atoms with van der Waals surface area (Å²) in [5.41, 5.74) is 0. The van der Waals surface area contributed by atoms with Gasteiger partial charge in [0, 0.05) is 13.1 Å². The van der Waals surface area contributed by atoms with Crippen LogP contribution in [0.4, 0.5) is 0 Å². The second-order valence-corrected chi connectivity index (χ2v) is 11.4. The molecule has 29 heavy (non-hydrogen) atoms. The van der Waals surface area contributed by atoms with Gasteiger partial charge in [-0.2, -0.15) is 0 Å². The lowest BCUT2D eigenvalue weighted by atomic mass is 9.89. The SMILES string of the molecule is O=C(CSc1nnc(SCC(=O)NCC2CCCCC2)s1)NCC1CCCCC1. The number of carbonyl (C=O) groups excluding carboxylic acids is 2. The minimum atomic E-state index is 0.0621. The van der Waals surface area contributed by atoms with Crippen molar-refractivity contribution in [3.05, 3.63) is 0 Å². The number of thioether (sulfide) groups is 2. The Balaban J connectivity index is 1.27. The number of rotatable bonds is 10. The fraction of sp³-hybridized carbons (Fsp3) is 0.800. The van der Waals surface area contributed by atoms with Crippen molar-refractivity contribution in [1.29, 1.82) is 0 Å². The predicted octanol–water partition coefficient (Wildman–Crippen LogP) is 4.12. The number of amides is 2. The molecule has 0 bridgehead atoms. The third-order valence-electron chi connectivity index (χ3n) is 5.67. The average molecular weight is 457 g/mol. The summed E-state index contributed by atoms with van der Waals surface area (Å²) in [5.74, 6) is 2.15. The third kappa shape index (κ3) is 8.84. The molecule has 2 aliphatic rings. The smallest absolute Gasteiger partial charge is 0.230 e. The number of hydrogen-bond acceptors (Lipinski definition) is 7. The molecule has 0 spiro atoms. The Kier molecular flexibility index (Phi) is 10.1. The summed E-state index contributed by atoms with van der Waals surface area (Å²) >= 11 is 4.29. The van der Waals surface area contributed by atoms with Crippen molar-refractivity contribution in [2.45, 2.75) is 72.9 Å². The Bertz CT molecular complexity index is 591. The third-order valence-corrected chi connectivity index (χ3v) is 8.86. The molecule has 2 N–H and O–H groups in total. The minimum absolute atomic E-state index is 0.0621. The standard InChI is InChI=1S/C20H32N4O2S3/c25-17(21-11-15-7-3-1-4-8-15)13-27-19-23-24-20(29-19)28-14-18(26)22-12-16-9-5-2-6-10-16/h15-16H,1-14H2,(H,21,25)(H,22,26). The maximum Gasteiger partial charge on any atom is 0.230 e. The average Bonchev–Trinajstić information content (AvgIpc) is 3.23. The molecule has 2 saturated carbocycles. The largest absolute Gasteiger partial charge is 0.355 e. The van der Waals surface area contributed by atoms with Crippen LogP contribution in [0.5, 0.6) is 0 Å². The molecule has 2 fully saturated rings. The molecule has 0 unspecified atom stereocenters. The summed E-state index contributed by atoms with van der Waals surface area (Å²) in [6.45, 7) is 1.60. The van der Waals surface area contributed by atoms with Gasteiger partial charge in [-0.3, -0.25) is 9.59 Å². The van der Waals surface area contributed by atoms with E-state index in [4.69, 9.17) is 0 Å². The van der Waals surface area contributed by atoms with Crippen LogP contribution in [0.15, 0.2) is 8.68 Å². The monoisotopic (exact) mass is 456 g/mol. The quantitative estimate of drug-likeness (QED) is 0.515. The highest BCUT2D eigenvalue weighted by atomic mass is 32.2. The summed E-state index contributed by atoms with van der Waals surface area (Å²) in [6.07, 6.45) is 12.8. The van der Waals surface area contributed by atoms with E-state index in [9.17, 15) is 9.59 Å². The molecule has 1 aromatic heterocycles. The Hall–Kier alpha value is -0.800. The van der Waals surface area contributed by atoms with Gasteiger partial charge in [0.15, 0.2) is 8.68 Å². The molecule has 2 amide bonds. The van der Waals surface area contributed by atoms with Crippen LogP contribution in [-0.4, -0.2) is 46.6 Å². The topological polar surface area (TPSA) is 84.0 Å². The summed E-state index contributed by atoms with van der Waals surface area (Å²) < 4.78 is 1.56. The van der Waals surface area contributed by atoms with E-state index in [-0.39, 0.29) is 11.8 Å². The Morgan fingerprint density at radius 2 is 1.17 bits per heavy atom. The van der Waals surface area contributed by atoms with Crippen LogP contribution in [0.25, 0.3) is 0 Å². The van der Waals surface area contributed by atoms with Crippen LogP contribution in [0.1, 0.15) is 64.2 Å². The Morgan fingerprint density at radius 1 is 0.759 bits per heavy atom. The number of carbonyl (C=O) groups is 2.